The number of aryl methyl sites for hydroxylation is 2. The van der Waals surface area contributed by atoms with Gasteiger partial charge in [0.15, 0.2) is 5.17 Å². The van der Waals surface area contributed by atoms with Crippen molar-refractivity contribution >= 4 is 45.6 Å². The van der Waals surface area contributed by atoms with Crippen LogP contribution in [0.4, 0.5) is 5.69 Å². The number of carbonyl (C=O) groups is 1. The second kappa shape index (κ2) is 7.63. The molecule has 0 spiro atoms. The molecule has 0 saturated carbocycles. The third kappa shape index (κ3) is 3.71. The van der Waals surface area contributed by atoms with E-state index in [4.69, 9.17) is 4.74 Å². The maximum atomic E-state index is 12.3. The van der Waals surface area contributed by atoms with Crippen LogP contribution in [0, 0.1) is 0 Å². The first kappa shape index (κ1) is 19.1. The van der Waals surface area contributed by atoms with Crippen LogP contribution in [0.15, 0.2) is 57.2 Å². The fraction of sp³-hybridized carbons (Fsp3) is 0.190. The number of fused-ring (bicyclic) bond motifs is 1. The maximum Gasteiger partial charge on any atom is 0.328 e. The van der Waals surface area contributed by atoms with Crippen molar-refractivity contribution in [2.24, 2.45) is 19.1 Å². The largest absolute Gasteiger partial charge is 0.494 e. The Morgan fingerprint density at radius 2 is 1.79 bits per heavy atom. The van der Waals surface area contributed by atoms with Crippen molar-refractivity contribution in [2.75, 3.05) is 6.61 Å². The second-order valence-corrected chi connectivity index (χ2v) is 7.59. The number of rotatable bonds is 4. The molecule has 1 aromatic heterocycles. The van der Waals surface area contributed by atoms with Gasteiger partial charge in [-0.2, -0.15) is 0 Å². The number of carbonyl (C=O) groups excluding carboxylic acids is 1. The smallest absolute Gasteiger partial charge is 0.328 e. The van der Waals surface area contributed by atoms with Crippen LogP contribution >= 0.6 is 11.8 Å². The van der Waals surface area contributed by atoms with Gasteiger partial charge in [0, 0.05) is 14.1 Å². The van der Waals surface area contributed by atoms with Gasteiger partial charge in [-0.1, -0.05) is 6.07 Å². The van der Waals surface area contributed by atoms with E-state index in [2.05, 4.69) is 10.3 Å². The summed E-state index contributed by atoms with van der Waals surface area (Å²) in [5.74, 6) is 0.590. The van der Waals surface area contributed by atoms with E-state index in [9.17, 15) is 9.59 Å². The minimum absolute atomic E-state index is 0.0810. The highest BCUT2D eigenvalue weighted by atomic mass is 32.2. The van der Waals surface area contributed by atoms with Gasteiger partial charge in [-0.3, -0.25) is 13.9 Å². The lowest BCUT2D eigenvalue weighted by molar-refractivity contribution is -0.115. The van der Waals surface area contributed by atoms with Crippen molar-refractivity contribution < 1.29 is 9.53 Å². The minimum Gasteiger partial charge on any atom is -0.494 e. The van der Waals surface area contributed by atoms with Crippen LogP contribution < -0.4 is 15.7 Å². The molecule has 3 aromatic rings. The van der Waals surface area contributed by atoms with Gasteiger partial charge in [0.05, 0.1) is 28.2 Å². The quantitative estimate of drug-likeness (QED) is 0.673. The number of ether oxygens (including phenoxy) is 1. The van der Waals surface area contributed by atoms with Gasteiger partial charge in [0.2, 0.25) is 0 Å². The van der Waals surface area contributed by atoms with E-state index < -0.39 is 0 Å². The average molecular weight is 408 g/mol. The van der Waals surface area contributed by atoms with Crippen LogP contribution in [-0.4, -0.2) is 26.8 Å². The van der Waals surface area contributed by atoms with Crippen LogP contribution in [0.5, 0.6) is 5.75 Å². The molecular weight excluding hydrogens is 388 g/mol. The molecule has 0 bridgehead atoms. The van der Waals surface area contributed by atoms with Crippen LogP contribution in [0.3, 0.4) is 0 Å². The maximum absolute atomic E-state index is 12.3. The molecule has 0 aliphatic carbocycles. The average Bonchev–Trinajstić information content (AvgIpc) is 3.16. The predicted molar refractivity (Wildman–Crippen MR) is 117 cm³/mol. The number of benzene rings is 2. The van der Waals surface area contributed by atoms with Crippen molar-refractivity contribution in [2.45, 2.75) is 6.92 Å². The summed E-state index contributed by atoms with van der Waals surface area (Å²) < 4.78 is 8.62. The van der Waals surface area contributed by atoms with Gasteiger partial charge < -0.3 is 10.1 Å². The highest BCUT2D eigenvalue weighted by Crippen LogP contribution is 2.29. The van der Waals surface area contributed by atoms with Gasteiger partial charge in [-0.15, -0.1) is 0 Å². The third-order valence-corrected chi connectivity index (χ3v) is 5.53. The Hall–Kier alpha value is -3.26. The summed E-state index contributed by atoms with van der Waals surface area (Å²) in [6.45, 7) is 2.54. The Morgan fingerprint density at radius 1 is 1.07 bits per heavy atom. The molecule has 1 N–H and O–H groups in total. The summed E-state index contributed by atoms with van der Waals surface area (Å²) in [7, 11) is 3.48. The van der Waals surface area contributed by atoms with E-state index in [-0.39, 0.29) is 11.6 Å². The van der Waals surface area contributed by atoms with E-state index in [1.165, 1.54) is 11.8 Å². The van der Waals surface area contributed by atoms with Crippen LogP contribution in [0.2, 0.25) is 0 Å². The van der Waals surface area contributed by atoms with Crippen molar-refractivity contribution in [1.82, 2.24) is 14.5 Å². The van der Waals surface area contributed by atoms with E-state index in [0.29, 0.717) is 16.7 Å². The van der Waals surface area contributed by atoms with E-state index in [1.54, 1.807) is 29.3 Å². The third-order valence-electron chi connectivity index (χ3n) is 4.62. The van der Waals surface area contributed by atoms with Crippen LogP contribution in [-0.2, 0) is 18.9 Å². The lowest BCUT2D eigenvalue weighted by atomic mass is 10.2. The number of hydrogen-bond acceptors (Lipinski definition) is 5. The molecule has 1 fully saturated rings. The molecular formula is C21H20N4O3S. The van der Waals surface area contributed by atoms with E-state index in [1.807, 2.05) is 49.4 Å². The topological polar surface area (TPSA) is 77.6 Å². The minimum atomic E-state index is -0.193. The van der Waals surface area contributed by atoms with E-state index in [0.717, 1.165) is 28.0 Å². The Labute approximate surface area is 171 Å². The first-order valence-corrected chi connectivity index (χ1v) is 9.96. The number of amidine groups is 1. The SMILES string of the molecule is CCOc1ccc(N=C2NC(=O)/C(=C\c3ccc4c(c3)n(C)c(=O)n4C)S2)cc1. The summed E-state index contributed by atoms with van der Waals surface area (Å²) in [6, 6.07) is 13.1. The van der Waals surface area contributed by atoms with Crippen LogP contribution in [0.1, 0.15) is 12.5 Å². The second-order valence-electron chi connectivity index (χ2n) is 6.56. The van der Waals surface area contributed by atoms with E-state index >= 15 is 0 Å². The Bertz CT molecular complexity index is 1220. The Kier molecular flexibility index (Phi) is 5.02. The fourth-order valence-electron chi connectivity index (χ4n) is 3.15. The zero-order chi connectivity index (χ0) is 20.5. The van der Waals surface area contributed by atoms with Gasteiger partial charge in [0.25, 0.3) is 5.91 Å². The summed E-state index contributed by atoms with van der Waals surface area (Å²) in [5, 5.41) is 3.32. The van der Waals surface area contributed by atoms with Gasteiger partial charge in [0.1, 0.15) is 5.75 Å². The number of nitrogens with zero attached hydrogens (tertiary/aromatic N) is 3. The number of thioether (sulfide) groups is 1. The molecule has 0 radical (unpaired) electrons. The summed E-state index contributed by atoms with van der Waals surface area (Å²) in [4.78, 5) is 29.5. The number of hydrogen-bond donors (Lipinski definition) is 1. The van der Waals surface area contributed by atoms with Crippen molar-refractivity contribution in [3.8, 4) is 5.75 Å². The monoisotopic (exact) mass is 408 g/mol. The summed E-state index contributed by atoms with van der Waals surface area (Å²) in [6.07, 6.45) is 1.80. The number of nitrogens with one attached hydrogen (secondary N) is 1. The summed E-state index contributed by atoms with van der Waals surface area (Å²) in [5.41, 5.74) is 3.17. The molecule has 0 unspecified atom stereocenters. The normalized spacial score (nSPS) is 16.7. The molecule has 1 aliphatic rings. The highest BCUT2D eigenvalue weighted by Gasteiger charge is 2.24. The molecule has 29 heavy (non-hydrogen) atoms. The molecule has 0 atom stereocenters. The van der Waals surface area contributed by atoms with Crippen molar-refractivity contribution in [1.29, 1.82) is 0 Å². The Balaban J connectivity index is 1.59. The lowest BCUT2D eigenvalue weighted by Gasteiger charge is -2.02. The number of imidazole rings is 1. The molecule has 1 saturated heterocycles. The molecule has 8 heteroatoms. The van der Waals surface area contributed by atoms with Gasteiger partial charge in [-0.25, -0.2) is 9.79 Å². The number of aliphatic imine (C=N–C) groups is 1. The molecule has 1 amide bonds. The van der Waals surface area contributed by atoms with Crippen LogP contribution in [0.25, 0.3) is 17.1 Å². The van der Waals surface area contributed by atoms with Gasteiger partial charge >= 0.3 is 5.69 Å². The lowest BCUT2D eigenvalue weighted by Crippen LogP contribution is -2.19. The standard InChI is InChI=1S/C21H20N4O3S/c1-4-28-15-8-6-14(7-9-15)22-20-23-19(26)18(29-20)12-13-5-10-16-17(11-13)25(3)21(27)24(16)2/h5-12H,4H2,1-3H3,(H,22,23,26)/b18-12+. The molecule has 148 valence electrons. The van der Waals surface area contributed by atoms with Crippen molar-refractivity contribution in [3.05, 3.63) is 63.4 Å². The number of amides is 1. The molecule has 4 rings (SSSR count). The molecule has 7 nitrogen and oxygen atoms in total. The molecule has 1 aliphatic heterocycles. The molecule has 2 aromatic carbocycles. The first-order chi connectivity index (χ1) is 14.0. The zero-order valence-electron chi connectivity index (χ0n) is 16.3. The molecule has 2 heterocycles. The zero-order valence-corrected chi connectivity index (χ0v) is 17.1. The predicted octanol–water partition coefficient (Wildman–Crippen LogP) is 3.17. The number of aromatic nitrogens is 2. The Morgan fingerprint density at radius 3 is 2.52 bits per heavy atom. The fourth-order valence-corrected chi connectivity index (χ4v) is 3.99. The van der Waals surface area contributed by atoms with Gasteiger partial charge in [-0.05, 0) is 66.7 Å². The highest BCUT2D eigenvalue weighted by molar-refractivity contribution is 8.18. The summed E-state index contributed by atoms with van der Waals surface area (Å²) >= 11 is 1.29. The first-order valence-electron chi connectivity index (χ1n) is 9.14. The van der Waals surface area contributed by atoms with Crippen molar-refractivity contribution in [3.63, 3.8) is 0 Å².